The summed E-state index contributed by atoms with van der Waals surface area (Å²) in [6.45, 7) is 5.33. The number of hydrogen-bond donors (Lipinski definition) is 1. The predicted molar refractivity (Wildman–Crippen MR) is 84.9 cm³/mol. The van der Waals surface area contributed by atoms with E-state index in [0.29, 0.717) is 5.96 Å². The largest absolute Gasteiger partial charge is 0.369 e. The molecular weight excluding hydrogens is 265 g/mol. The molecule has 2 N–H and O–H groups in total. The molecule has 1 saturated carbocycles. The van der Waals surface area contributed by atoms with Crippen molar-refractivity contribution in [1.82, 2.24) is 0 Å². The van der Waals surface area contributed by atoms with Gasteiger partial charge in [-0.2, -0.15) is 0 Å². The molecule has 0 aromatic heterocycles. The fourth-order valence-corrected chi connectivity index (χ4v) is 3.86. The van der Waals surface area contributed by atoms with E-state index in [1.165, 1.54) is 18.9 Å². The number of rotatable bonds is 2. The third-order valence-electron chi connectivity index (χ3n) is 5.21. The number of halogens is 1. The smallest absolute Gasteiger partial charge is 0.196 e. The minimum absolute atomic E-state index is 0.0384. The van der Waals surface area contributed by atoms with Crippen LogP contribution in [0.15, 0.2) is 29.3 Å². The van der Waals surface area contributed by atoms with Crippen molar-refractivity contribution in [3.05, 3.63) is 30.1 Å². The average Bonchev–Trinajstić information content (AvgIpc) is 2.76. The van der Waals surface area contributed by atoms with Crippen LogP contribution in [-0.4, -0.2) is 18.0 Å². The molecule has 0 atom stereocenters. The van der Waals surface area contributed by atoms with Gasteiger partial charge in [0.25, 0.3) is 0 Å². The van der Waals surface area contributed by atoms with Gasteiger partial charge in [0.2, 0.25) is 0 Å². The van der Waals surface area contributed by atoms with Crippen LogP contribution in [0.2, 0.25) is 0 Å². The van der Waals surface area contributed by atoms with Gasteiger partial charge in [0, 0.05) is 5.69 Å². The number of hydrogen-bond acceptors (Lipinski definition) is 3. The highest BCUT2D eigenvalue weighted by Gasteiger charge is 2.45. The zero-order valence-electron chi connectivity index (χ0n) is 12.8. The molecule has 4 heteroatoms. The summed E-state index contributed by atoms with van der Waals surface area (Å²) in [4.78, 5) is 6.54. The van der Waals surface area contributed by atoms with Gasteiger partial charge in [0.15, 0.2) is 5.96 Å². The lowest BCUT2D eigenvalue weighted by Gasteiger charge is -2.44. The fraction of sp³-hybridized carbons (Fsp3) is 0.588. The molecule has 3 nitrogen and oxygen atoms in total. The quantitative estimate of drug-likeness (QED) is 0.904. The van der Waals surface area contributed by atoms with Gasteiger partial charge in [-0.15, -0.1) is 0 Å². The van der Waals surface area contributed by atoms with Crippen molar-refractivity contribution < 1.29 is 4.39 Å². The highest BCUT2D eigenvalue weighted by atomic mass is 19.1. The van der Waals surface area contributed by atoms with Crippen molar-refractivity contribution in [2.45, 2.75) is 45.1 Å². The Morgan fingerprint density at radius 2 is 2.05 bits per heavy atom. The monoisotopic (exact) mass is 289 g/mol. The van der Waals surface area contributed by atoms with Gasteiger partial charge >= 0.3 is 0 Å². The second-order valence-corrected chi connectivity index (χ2v) is 6.80. The van der Waals surface area contributed by atoms with Gasteiger partial charge in [-0.05, 0) is 55.7 Å². The SMILES string of the molecule is CC(C)C1CCC2(CC1)CN=C(N)N2c1cccc(F)c1. The Labute approximate surface area is 126 Å². The standard InChI is InChI=1S/C17H24FN3/c1-12(2)13-6-8-17(9-7-13)11-20-16(19)21(17)15-5-3-4-14(18)10-15/h3-5,10,12-13H,6-9,11H2,1-2H3,(H2,19,20). The molecule has 1 spiro atoms. The second-order valence-electron chi connectivity index (χ2n) is 6.80. The van der Waals surface area contributed by atoms with Crippen LogP contribution in [0, 0.1) is 17.7 Å². The van der Waals surface area contributed by atoms with E-state index in [2.05, 4.69) is 23.7 Å². The molecule has 1 fully saturated rings. The van der Waals surface area contributed by atoms with E-state index >= 15 is 0 Å². The van der Waals surface area contributed by atoms with E-state index in [4.69, 9.17) is 5.73 Å². The van der Waals surface area contributed by atoms with Gasteiger partial charge < -0.3 is 10.6 Å². The third kappa shape index (κ3) is 2.52. The summed E-state index contributed by atoms with van der Waals surface area (Å²) in [5.74, 6) is 1.82. The number of benzene rings is 1. The molecule has 1 heterocycles. The van der Waals surface area contributed by atoms with E-state index in [9.17, 15) is 4.39 Å². The Bertz CT molecular complexity index is 545. The van der Waals surface area contributed by atoms with Gasteiger partial charge in [0.05, 0.1) is 12.1 Å². The van der Waals surface area contributed by atoms with Crippen LogP contribution in [0.1, 0.15) is 39.5 Å². The number of aliphatic imine (C=N–C) groups is 1. The summed E-state index contributed by atoms with van der Waals surface area (Å²) in [6.07, 6.45) is 4.56. The molecule has 21 heavy (non-hydrogen) atoms. The van der Waals surface area contributed by atoms with E-state index in [1.54, 1.807) is 12.1 Å². The minimum Gasteiger partial charge on any atom is -0.369 e. The number of guanidine groups is 1. The highest BCUT2D eigenvalue weighted by Crippen LogP contribution is 2.43. The molecule has 114 valence electrons. The van der Waals surface area contributed by atoms with Crippen LogP contribution >= 0.6 is 0 Å². The van der Waals surface area contributed by atoms with E-state index in [-0.39, 0.29) is 11.4 Å². The first-order chi connectivity index (χ1) is 10.0. The molecule has 0 amide bonds. The predicted octanol–water partition coefficient (Wildman–Crippen LogP) is 3.55. The molecule has 0 radical (unpaired) electrons. The Balaban J connectivity index is 1.86. The zero-order chi connectivity index (χ0) is 15.0. The topological polar surface area (TPSA) is 41.6 Å². The summed E-state index contributed by atoms with van der Waals surface area (Å²) in [7, 11) is 0. The Morgan fingerprint density at radius 1 is 1.33 bits per heavy atom. The molecule has 0 saturated heterocycles. The summed E-state index contributed by atoms with van der Waals surface area (Å²) in [6, 6.07) is 6.69. The molecule has 0 bridgehead atoms. The van der Waals surface area contributed by atoms with E-state index < -0.39 is 0 Å². The molecule has 3 rings (SSSR count). The van der Waals surface area contributed by atoms with Crippen molar-refractivity contribution in [2.75, 3.05) is 11.4 Å². The van der Waals surface area contributed by atoms with Crippen molar-refractivity contribution >= 4 is 11.6 Å². The number of nitrogens with zero attached hydrogens (tertiary/aromatic N) is 2. The summed E-state index contributed by atoms with van der Waals surface area (Å²) in [5.41, 5.74) is 6.91. The zero-order valence-corrected chi connectivity index (χ0v) is 12.8. The van der Waals surface area contributed by atoms with Crippen LogP contribution in [0.5, 0.6) is 0 Å². The minimum atomic E-state index is -0.224. The first-order valence-corrected chi connectivity index (χ1v) is 7.87. The number of nitrogens with two attached hydrogens (primary N) is 1. The first kappa shape index (κ1) is 14.4. The Hall–Kier alpha value is -1.58. The Morgan fingerprint density at radius 3 is 2.67 bits per heavy atom. The Kier molecular flexibility index (Phi) is 3.64. The van der Waals surface area contributed by atoms with Crippen molar-refractivity contribution in [3.8, 4) is 0 Å². The van der Waals surface area contributed by atoms with Gasteiger partial charge in [-0.3, -0.25) is 4.99 Å². The lowest BCUT2D eigenvalue weighted by Crippen LogP contribution is -2.54. The molecule has 0 unspecified atom stereocenters. The number of anilines is 1. The summed E-state index contributed by atoms with van der Waals surface area (Å²) < 4.78 is 13.6. The molecule has 2 aliphatic rings. The average molecular weight is 289 g/mol. The lowest BCUT2D eigenvalue weighted by atomic mass is 9.72. The summed E-state index contributed by atoms with van der Waals surface area (Å²) >= 11 is 0. The third-order valence-corrected chi connectivity index (χ3v) is 5.21. The lowest BCUT2D eigenvalue weighted by molar-refractivity contribution is 0.206. The highest BCUT2D eigenvalue weighted by molar-refractivity contribution is 5.98. The van der Waals surface area contributed by atoms with Gasteiger partial charge in [-0.25, -0.2) is 4.39 Å². The van der Waals surface area contributed by atoms with E-state index in [1.807, 2.05) is 6.07 Å². The van der Waals surface area contributed by atoms with E-state index in [0.717, 1.165) is 36.9 Å². The van der Waals surface area contributed by atoms with Crippen LogP contribution in [0.25, 0.3) is 0 Å². The summed E-state index contributed by atoms with van der Waals surface area (Å²) in [5, 5.41) is 0. The first-order valence-electron chi connectivity index (χ1n) is 7.87. The van der Waals surface area contributed by atoms with Crippen molar-refractivity contribution in [1.29, 1.82) is 0 Å². The molecule has 1 aromatic carbocycles. The normalized spacial score (nSPS) is 29.2. The van der Waals surface area contributed by atoms with Crippen LogP contribution in [0.3, 0.4) is 0 Å². The van der Waals surface area contributed by atoms with Crippen molar-refractivity contribution in [3.63, 3.8) is 0 Å². The molecule has 1 aromatic rings. The molecule has 1 aliphatic heterocycles. The van der Waals surface area contributed by atoms with Crippen LogP contribution in [-0.2, 0) is 0 Å². The maximum absolute atomic E-state index is 13.6. The fourth-order valence-electron chi connectivity index (χ4n) is 3.86. The molecule has 1 aliphatic carbocycles. The second kappa shape index (κ2) is 5.32. The molecular formula is C17H24FN3. The maximum atomic E-state index is 13.6. The van der Waals surface area contributed by atoms with Gasteiger partial charge in [0.1, 0.15) is 5.82 Å². The van der Waals surface area contributed by atoms with Crippen LogP contribution in [0.4, 0.5) is 10.1 Å². The van der Waals surface area contributed by atoms with Crippen molar-refractivity contribution in [2.24, 2.45) is 22.6 Å². The van der Waals surface area contributed by atoms with Crippen LogP contribution < -0.4 is 10.6 Å². The van der Waals surface area contributed by atoms with Gasteiger partial charge in [-0.1, -0.05) is 19.9 Å². The maximum Gasteiger partial charge on any atom is 0.196 e.